The quantitative estimate of drug-likeness (QED) is 0.642. The fraction of sp³-hybridized carbons (Fsp3) is 0.520. The zero-order valence-corrected chi connectivity index (χ0v) is 18.4. The standard InChI is InChI=1S/C25H26N6O/c1-22(2,32)24-10-19(11-24)30(15-24)21-9-18(13-27-29-21)31-20-8-17(5-4-16(20)12-28-31)25(26-3)14-23(25)6-7-23/h4-5,8-9,12-13,19,32H,6-7,10-11,14-15H2,1-2H3. The Hall–Kier alpha value is -2.98. The molecule has 2 saturated heterocycles. The minimum Gasteiger partial charge on any atom is -0.390 e. The first-order chi connectivity index (χ1) is 15.3. The molecule has 1 N–H and O–H groups in total. The Morgan fingerprint density at radius 1 is 1.19 bits per heavy atom. The van der Waals surface area contributed by atoms with Gasteiger partial charge in [-0.15, -0.1) is 5.10 Å². The molecule has 3 saturated carbocycles. The third kappa shape index (κ3) is 2.16. The van der Waals surface area contributed by atoms with Crippen molar-refractivity contribution in [3.05, 3.63) is 53.6 Å². The predicted octanol–water partition coefficient (Wildman–Crippen LogP) is 3.85. The first-order valence-corrected chi connectivity index (χ1v) is 11.5. The number of nitrogens with zero attached hydrogens (tertiary/aromatic N) is 6. The van der Waals surface area contributed by atoms with Crippen molar-refractivity contribution in [2.24, 2.45) is 10.8 Å². The van der Waals surface area contributed by atoms with Gasteiger partial charge in [0.1, 0.15) is 0 Å². The van der Waals surface area contributed by atoms with Gasteiger partial charge in [-0.1, -0.05) is 12.1 Å². The lowest BCUT2D eigenvalue weighted by molar-refractivity contribution is -0.0754. The fourth-order valence-electron chi connectivity index (χ4n) is 6.51. The molecule has 3 aromatic rings. The van der Waals surface area contributed by atoms with Gasteiger partial charge in [-0.25, -0.2) is 11.3 Å². The van der Waals surface area contributed by atoms with Crippen LogP contribution in [-0.4, -0.2) is 43.3 Å². The van der Waals surface area contributed by atoms with Crippen LogP contribution in [0.5, 0.6) is 0 Å². The van der Waals surface area contributed by atoms with Crippen LogP contribution >= 0.6 is 0 Å². The Balaban J connectivity index is 1.26. The summed E-state index contributed by atoms with van der Waals surface area (Å²) in [6.45, 7) is 12.5. The summed E-state index contributed by atoms with van der Waals surface area (Å²) in [6.07, 6.45) is 8.96. The van der Waals surface area contributed by atoms with Crippen LogP contribution in [0.25, 0.3) is 21.4 Å². The third-order valence-electron chi connectivity index (χ3n) is 9.07. The third-order valence-corrected chi connectivity index (χ3v) is 9.07. The Morgan fingerprint density at radius 3 is 2.66 bits per heavy atom. The van der Waals surface area contributed by atoms with Crippen molar-refractivity contribution in [3.8, 4) is 5.69 Å². The molecule has 0 radical (unpaired) electrons. The summed E-state index contributed by atoms with van der Waals surface area (Å²) in [6, 6.07) is 8.82. The number of aliphatic hydroxyl groups is 1. The highest BCUT2D eigenvalue weighted by atomic mass is 16.3. The van der Waals surface area contributed by atoms with Gasteiger partial charge >= 0.3 is 0 Å². The second kappa shape index (κ2) is 5.49. The lowest BCUT2D eigenvalue weighted by atomic mass is 9.61. The van der Waals surface area contributed by atoms with Crippen LogP contribution in [0.3, 0.4) is 0 Å². The summed E-state index contributed by atoms with van der Waals surface area (Å²) in [5.74, 6) is 0.840. The Kier molecular flexibility index (Phi) is 3.19. The molecule has 1 aromatic carbocycles. The maximum Gasteiger partial charge on any atom is 0.264 e. The highest BCUT2D eigenvalue weighted by Gasteiger charge is 2.82. The Labute approximate surface area is 186 Å². The van der Waals surface area contributed by atoms with E-state index < -0.39 is 5.60 Å². The summed E-state index contributed by atoms with van der Waals surface area (Å²) >= 11 is 0. The van der Waals surface area contributed by atoms with Crippen LogP contribution in [0.15, 0.2) is 36.7 Å². The second-order valence-electron chi connectivity index (χ2n) is 11.1. The molecule has 3 aliphatic carbocycles. The van der Waals surface area contributed by atoms with Crippen LogP contribution in [-0.2, 0) is 5.54 Å². The lowest BCUT2D eigenvalue weighted by Crippen LogP contribution is -2.50. The van der Waals surface area contributed by atoms with E-state index in [0.717, 1.165) is 53.8 Å². The van der Waals surface area contributed by atoms with E-state index in [-0.39, 0.29) is 16.4 Å². The number of aromatic nitrogens is 4. The molecule has 7 nitrogen and oxygen atoms in total. The summed E-state index contributed by atoms with van der Waals surface area (Å²) in [7, 11) is 0. The molecule has 5 fully saturated rings. The molecule has 32 heavy (non-hydrogen) atoms. The maximum absolute atomic E-state index is 10.7. The van der Waals surface area contributed by atoms with E-state index in [1.807, 2.05) is 24.7 Å². The highest BCUT2D eigenvalue weighted by molar-refractivity contribution is 5.82. The van der Waals surface area contributed by atoms with Gasteiger partial charge in [-0.2, -0.15) is 10.2 Å². The average Bonchev–Trinajstić information content (AvgIpc) is 3.44. The molecule has 2 bridgehead atoms. The van der Waals surface area contributed by atoms with Gasteiger partial charge in [0.15, 0.2) is 5.82 Å². The number of rotatable bonds is 4. The van der Waals surface area contributed by atoms with E-state index in [0.29, 0.717) is 6.04 Å². The molecule has 4 heterocycles. The predicted molar refractivity (Wildman–Crippen MR) is 120 cm³/mol. The van der Waals surface area contributed by atoms with Crippen molar-refractivity contribution in [1.29, 1.82) is 0 Å². The molecule has 7 heteroatoms. The monoisotopic (exact) mass is 426 g/mol. The highest BCUT2D eigenvalue weighted by Crippen LogP contribution is 2.79. The molecule has 162 valence electrons. The average molecular weight is 427 g/mol. The molecule has 1 unspecified atom stereocenters. The van der Waals surface area contributed by atoms with Gasteiger partial charge in [-0.3, -0.25) is 0 Å². The van der Waals surface area contributed by atoms with Gasteiger partial charge in [0.05, 0.1) is 34.6 Å². The molecule has 8 rings (SSSR count). The van der Waals surface area contributed by atoms with Crippen LogP contribution in [0.1, 0.15) is 51.5 Å². The van der Waals surface area contributed by atoms with E-state index in [2.05, 4.69) is 49.3 Å². The first-order valence-electron chi connectivity index (χ1n) is 11.5. The van der Waals surface area contributed by atoms with Crippen molar-refractivity contribution in [2.75, 3.05) is 11.4 Å². The van der Waals surface area contributed by atoms with Crippen LogP contribution in [0.2, 0.25) is 0 Å². The van der Waals surface area contributed by atoms with Crippen LogP contribution in [0.4, 0.5) is 5.82 Å². The smallest absolute Gasteiger partial charge is 0.264 e. The molecule has 1 spiro atoms. The molecule has 2 aromatic heterocycles. The van der Waals surface area contributed by atoms with E-state index in [1.54, 1.807) is 6.20 Å². The minimum absolute atomic E-state index is 0.0558. The number of benzene rings is 1. The fourth-order valence-corrected chi connectivity index (χ4v) is 6.51. The summed E-state index contributed by atoms with van der Waals surface area (Å²) < 4.78 is 1.92. The maximum atomic E-state index is 10.7. The van der Waals surface area contributed by atoms with Crippen molar-refractivity contribution >= 4 is 16.7 Å². The molecule has 2 aliphatic heterocycles. The normalized spacial score (nSPS) is 31.6. The van der Waals surface area contributed by atoms with Crippen LogP contribution in [0, 0.1) is 17.4 Å². The number of hydrogen-bond donors (Lipinski definition) is 1. The van der Waals surface area contributed by atoms with Gasteiger partial charge < -0.3 is 14.9 Å². The van der Waals surface area contributed by atoms with Crippen molar-refractivity contribution in [2.45, 2.75) is 63.1 Å². The molecule has 1 atom stereocenters. The SMILES string of the molecule is [C-]#[N+]C1(c2ccc3cnn(-c4cnnc(N5CC6(C(C)(C)O)CC5C6)c4)c3c2)CC12CC2. The summed E-state index contributed by atoms with van der Waals surface area (Å²) in [4.78, 5) is 6.38. The molecule has 0 amide bonds. The van der Waals surface area contributed by atoms with Crippen molar-refractivity contribution in [3.63, 3.8) is 0 Å². The zero-order chi connectivity index (χ0) is 21.9. The van der Waals surface area contributed by atoms with Gasteiger partial charge in [0.2, 0.25) is 0 Å². The van der Waals surface area contributed by atoms with Gasteiger partial charge in [0, 0.05) is 41.4 Å². The lowest BCUT2D eigenvalue weighted by Gasteiger charge is -2.45. The summed E-state index contributed by atoms with van der Waals surface area (Å²) in [5.41, 5.74) is 2.15. The number of fused-ring (bicyclic) bond motifs is 2. The molecular formula is C25H26N6O. The Bertz CT molecular complexity index is 1320. The van der Waals surface area contributed by atoms with E-state index in [9.17, 15) is 5.11 Å². The van der Waals surface area contributed by atoms with E-state index >= 15 is 0 Å². The van der Waals surface area contributed by atoms with Crippen molar-refractivity contribution < 1.29 is 5.11 Å². The van der Waals surface area contributed by atoms with Crippen LogP contribution < -0.4 is 4.90 Å². The van der Waals surface area contributed by atoms with Gasteiger partial charge in [-0.05, 0) is 45.6 Å². The first kappa shape index (κ1) is 18.6. The zero-order valence-electron chi connectivity index (χ0n) is 18.4. The largest absolute Gasteiger partial charge is 0.390 e. The van der Waals surface area contributed by atoms with E-state index in [4.69, 9.17) is 6.57 Å². The Morgan fingerprint density at radius 2 is 2.00 bits per heavy atom. The van der Waals surface area contributed by atoms with Crippen molar-refractivity contribution in [1.82, 2.24) is 20.0 Å². The van der Waals surface area contributed by atoms with E-state index in [1.165, 1.54) is 12.8 Å². The minimum atomic E-state index is -0.696. The summed E-state index contributed by atoms with van der Waals surface area (Å²) in [5, 5.41) is 25.1. The second-order valence-corrected chi connectivity index (χ2v) is 11.1. The van der Waals surface area contributed by atoms with Gasteiger partial charge in [0.25, 0.3) is 5.54 Å². The number of anilines is 1. The number of hydrogen-bond acceptors (Lipinski definition) is 5. The topological polar surface area (TPSA) is 71.4 Å². The molecular weight excluding hydrogens is 400 g/mol. The molecule has 5 aliphatic rings.